The summed E-state index contributed by atoms with van der Waals surface area (Å²) in [5.74, 6) is 0. The van der Waals surface area contributed by atoms with Crippen molar-refractivity contribution in [3.8, 4) is 0 Å². The first-order valence-electron chi connectivity index (χ1n) is 24.8. The lowest BCUT2D eigenvalue weighted by Gasteiger charge is -2.22. The van der Waals surface area contributed by atoms with Crippen molar-refractivity contribution in [3.05, 3.63) is 24.3 Å². The van der Waals surface area contributed by atoms with E-state index in [-0.39, 0.29) is 25.2 Å². The van der Waals surface area contributed by atoms with Gasteiger partial charge in [-0.25, -0.2) is 0 Å². The Bertz CT molecular complexity index is 730. The molecule has 0 aromatic carbocycles. The third-order valence-corrected chi connectivity index (χ3v) is 10.4. The fourth-order valence-electron chi connectivity index (χ4n) is 7.08. The Kier molecular flexibility index (Phi) is 47.2. The van der Waals surface area contributed by atoms with Crippen LogP contribution in [-0.2, 0) is 33.2 Å². The Morgan fingerprint density at radius 1 is 0.316 bits per heavy atom. The van der Waals surface area contributed by atoms with Crippen LogP contribution in [0.4, 0.5) is 0 Å². The molecule has 0 spiro atoms. The van der Waals surface area contributed by atoms with Gasteiger partial charge in [-0.3, -0.25) is 0 Å². The van der Waals surface area contributed by atoms with Crippen molar-refractivity contribution in [2.24, 2.45) is 0 Å². The van der Waals surface area contributed by atoms with Crippen molar-refractivity contribution < 1.29 is 33.2 Å². The SMILES string of the molecule is CCCCCCCCOC(C=CCCCCCCCCCC(OCC)OCC)OC(C=CCCCCCCCCCC(OCC)OCC)OCCCCCCCC. The van der Waals surface area contributed by atoms with Crippen molar-refractivity contribution >= 4 is 0 Å². The second-order valence-electron chi connectivity index (χ2n) is 15.8. The van der Waals surface area contributed by atoms with Crippen LogP contribution < -0.4 is 0 Å². The Morgan fingerprint density at radius 3 is 0.947 bits per heavy atom. The normalized spacial score (nSPS) is 13.3. The molecule has 0 saturated heterocycles. The largest absolute Gasteiger partial charge is 0.353 e. The van der Waals surface area contributed by atoms with Gasteiger partial charge < -0.3 is 33.2 Å². The zero-order valence-corrected chi connectivity index (χ0v) is 38.9. The minimum absolute atomic E-state index is 0.0275. The van der Waals surface area contributed by atoms with Gasteiger partial charge in [0.2, 0.25) is 0 Å². The van der Waals surface area contributed by atoms with Crippen molar-refractivity contribution in [1.82, 2.24) is 0 Å². The Balaban J connectivity index is 4.86. The van der Waals surface area contributed by atoms with Crippen LogP contribution in [0.25, 0.3) is 0 Å². The predicted octanol–water partition coefficient (Wildman–Crippen LogP) is 15.3. The molecule has 0 aromatic rings. The number of ether oxygens (including phenoxy) is 7. The zero-order valence-electron chi connectivity index (χ0n) is 38.9. The van der Waals surface area contributed by atoms with Gasteiger partial charge in [-0.05, 0) is 104 Å². The predicted molar refractivity (Wildman–Crippen MR) is 243 cm³/mol. The van der Waals surface area contributed by atoms with Gasteiger partial charge >= 0.3 is 0 Å². The molecule has 2 unspecified atom stereocenters. The summed E-state index contributed by atoms with van der Waals surface area (Å²) in [5, 5.41) is 0. The van der Waals surface area contributed by atoms with E-state index in [0.29, 0.717) is 0 Å². The number of rotatable bonds is 48. The van der Waals surface area contributed by atoms with Gasteiger partial charge in [-0.1, -0.05) is 154 Å². The van der Waals surface area contributed by atoms with Crippen LogP contribution in [-0.4, -0.2) is 64.8 Å². The first-order chi connectivity index (χ1) is 28.1. The molecule has 0 amide bonds. The lowest BCUT2D eigenvalue weighted by atomic mass is 10.1. The van der Waals surface area contributed by atoms with Crippen molar-refractivity contribution in [2.45, 2.75) is 259 Å². The van der Waals surface area contributed by atoms with Crippen LogP contribution in [0.3, 0.4) is 0 Å². The highest BCUT2D eigenvalue weighted by molar-refractivity contribution is 4.90. The molecule has 57 heavy (non-hydrogen) atoms. The van der Waals surface area contributed by atoms with Crippen LogP contribution in [0, 0.1) is 0 Å². The van der Waals surface area contributed by atoms with E-state index in [9.17, 15) is 0 Å². The van der Waals surface area contributed by atoms with Crippen LogP contribution in [0.1, 0.15) is 234 Å². The molecule has 0 fully saturated rings. The molecule has 7 nitrogen and oxygen atoms in total. The third kappa shape index (κ3) is 41.7. The van der Waals surface area contributed by atoms with Crippen LogP contribution in [0.2, 0.25) is 0 Å². The molecule has 0 aliphatic heterocycles. The first kappa shape index (κ1) is 56.2. The summed E-state index contributed by atoms with van der Waals surface area (Å²) in [6.07, 6.45) is 44.8. The number of hydrogen-bond donors (Lipinski definition) is 0. The lowest BCUT2D eigenvalue weighted by Crippen LogP contribution is -2.25. The summed E-state index contributed by atoms with van der Waals surface area (Å²) in [6, 6.07) is 0. The van der Waals surface area contributed by atoms with E-state index < -0.39 is 0 Å². The molecule has 0 aliphatic carbocycles. The number of unbranched alkanes of at least 4 members (excludes halogenated alkanes) is 24. The monoisotopic (exact) mass is 811 g/mol. The maximum atomic E-state index is 6.55. The smallest absolute Gasteiger partial charge is 0.180 e. The fourth-order valence-corrected chi connectivity index (χ4v) is 7.08. The molecule has 0 heterocycles. The molecular weight excluding hydrogens is 713 g/mol. The fraction of sp³-hybridized carbons (Fsp3) is 0.920. The maximum absolute atomic E-state index is 6.55. The molecule has 0 aliphatic rings. The molecule has 0 bridgehead atoms. The van der Waals surface area contributed by atoms with E-state index >= 15 is 0 Å². The van der Waals surface area contributed by atoms with Crippen molar-refractivity contribution in [2.75, 3.05) is 39.6 Å². The summed E-state index contributed by atoms with van der Waals surface area (Å²) in [5.41, 5.74) is 0. The average Bonchev–Trinajstić information content (AvgIpc) is 3.21. The maximum Gasteiger partial charge on any atom is 0.180 e. The van der Waals surface area contributed by atoms with Gasteiger partial charge in [0.25, 0.3) is 0 Å². The summed E-state index contributed by atoms with van der Waals surface area (Å²) >= 11 is 0. The highest BCUT2D eigenvalue weighted by Crippen LogP contribution is 2.17. The Morgan fingerprint density at radius 2 is 0.614 bits per heavy atom. The standard InChI is InChI=1S/C50H98O7/c1-7-13-15-17-33-39-45-55-49(43-37-31-27-23-19-21-25-29-35-41-47(51-9-3)52-10-4)57-50(56-46-40-34-18-16-14-8-2)44-38-32-28-24-20-22-26-30-36-42-48(53-11-5)54-12-6/h37-38,43-44,47-50H,7-36,39-42,45-46H2,1-6H3. The van der Waals surface area contributed by atoms with Gasteiger partial charge in [0, 0.05) is 26.4 Å². The highest BCUT2D eigenvalue weighted by atomic mass is 16.8. The molecule has 0 aromatic heterocycles. The minimum Gasteiger partial charge on any atom is -0.353 e. The number of allylic oxidation sites excluding steroid dienone is 2. The summed E-state index contributed by atoms with van der Waals surface area (Å²) < 4.78 is 42.0. The first-order valence-corrected chi connectivity index (χ1v) is 24.8. The molecule has 0 rings (SSSR count). The van der Waals surface area contributed by atoms with Crippen LogP contribution in [0.5, 0.6) is 0 Å². The van der Waals surface area contributed by atoms with Crippen LogP contribution in [0.15, 0.2) is 24.3 Å². The third-order valence-electron chi connectivity index (χ3n) is 10.4. The summed E-state index contributed by atoms with van der Waals surface area (Å²) in [4.78, 5) is 0. The topological polar surface area (TPSA) is 64.6 Å². The van der Waals surface area contributed by atoms with E-state index in [4.69, 9.17) is 33.2 Å². The lowest BCUT2D eigenvalue weighted by molar-refractivity contribution is -0.208. The summed E-state index contributed by atoms with van der Waals surface area (Å²) in [7, 11) is 0. The van der Waals surface area contributed by atoms with E-state index in [1.807, 2.05) is 27.7 Å². The molecular formula is C50H98O7. The molecule has 0 radical (unpaired) electrons. The van der Waals surface area contributed by atoms with Gasteiger partial charge in [0.1, 0.15) is 0 Å². The molecule has 340 valence electrons. The quantitative estimate of drug-likeness (QED) is 0.0344. The van der Waals surface area contributed by atoms with Gasteiger partial charge in [-0.15, -0.1) is 0 Å². The van der Waals surface area contributed by atoms with E-state index in [2.05, 4.69) is 38.2 Å². The molecule has 0 N–H and O–H groups in total. The van der Waals surface area contributed by atoms with Gasteiger partial charge in [0.05, 0.1) is 13.2 Å². The Labute approximate surface area is 355 Å². The second-order valence-corrected chi connectivity index (χ2v) is 15.8. The Hall–Kier alpha value is -0.800. The zero-order chi connectivity index (χ0) is 41.5. The van der Waals surface area contributed by atoms with Crippen LogP contribution >= 0.6 is 0 Å². The van der Waals surface area contributed by atoms with E-state index in [1.54, 1.807) is 0 Å². The molecule has 2 atom stereocenters. The van der Waals surface area contributed by atoms with Crippen molar-refractivity contribution in [3.63, 3.8) is 0 Å². The molecule has 0 saturated carbocycles. The van der Waals surface area contributed by atoms with E-state index in [1.165, 1.54) is 154 Å². The number of hydrogen-bond acceptors (Lipinski definition) is 7. The second kappa shape index (κ2) is 47.9. The van der Waals surface area contributed by atoms with Gasteiger partial charge in [0.15, 0.2) is 25.2 Å². The molecule has 7 heteroatoms. The summed E-state index contributed by atoms with van der Waals surface area (Å²) in [6.45, 7) is 17.0. The minimum atomic E-state index is -0.380. The van der Waals surface area contributed by atoms with Crippen molar-refractivity contribution in [1.29, 1.82) is 0 Å². The highest BCUT2D eigenvalue weighted by Gasteiger charge is 2.14. The van der Waals surface area contributed by atoms with Gasteiger partial charge in [-0.2, -0.15) is 0 Å². The van der Waals surface area contributed by atoms with E-state index in [0.717, 1.165) is 78.2 Å². The average molecular weight is 811 g/mol.